The van der Waals surface area contributed by atoms with E-state index in [9.17, 15) is 14.7 Å². The van der Waals surface area contributed by atoms with Crippen molar-refractivity contribution < 1.29 is 24.2 Å². The number of benzene rings is 1. The molecular weight excluding hydrogens is 360 g/mol. The first-order chi connectivity index (χ1) is 13.2. The summed E-state index contributed by atoms with van der Waals surface area (Å²) in [5.41, 5.74) is 0.0741. The number of phenolic OH excluding ortho intramolecular Hbond substituents is 1. The van der Waals surface area contributed by atoms with Crippen LogP contribution in [0.15, 0.2) is 24.3 Å². The van der Waals surface area contributed by atoms with Gasteiger partial charge in [-0.2, -0.15) is 0 Å². The van der Waals surface area contributed by atoms with E-state index in [0.717, 1.165) is 12.8 Å². The molecule has 2 amide bonds. The first-order valence-electron chi connectivity index (χ1n) is 9.91. The average molecular weight is 390 g/mol. The van der Waals surface area contributed by atoms with Gasteiger partial charge < -0.3 is 19.5 Å². The molecular formula is C21H30N2O5. The SMILES string of the molecule is CC(C)(C)OC(=O)N1CC[C@@H]1C(=O)N(Cc1ccccc1O)C[C@H]1CCCO1. The Morgan fingerprint density at radius 1 is 1.29 bits per heavy atom. The Morgan fingerprint density at radius 3 is 2.61 bits per heavy atom. The van der Waals surface area contributed by atoms with Crippen LogP contribution < -0.4 is 0 Å². The van der Waals surface area contributed by atoms with Crippen molar-refractivity contribution in [3.63, 3.8) is 0 Å². The van der Waals surface area contributed by atoms with E-state index in [1.165, 1.54) is 4.90 Å². The number of para-hydroxylation sites is 1. The molecule has 0 spiro atoms. The van der Waals surface area contributed by atoms with Gasteiger partial charge in [-0.1, -0.05) is 18.2 Å². The fraction of sp³-hybridized carbons (Fsp3) is 0.619. The number of aromatic hydroxyl groups is 1. The second kappa shape index (κ2) is 8.39. The third kappa shape index (κ3) is 4.95. The van der Waals surface area contributed by atoms with E-state index in [1.54, 1.807) is 23.1 Å². The maximum atomic E-state index is 13.2. The molecule has 0 unspecified atom stereocenters. The first kappa shape index (κ1) is 20.5. The Morgan fingerprint density at radius 2 is 2.04 bits per heavy atom. The molecule has 0 saturated carbocycles. The molecule has 3 rings (SSSR count). The second-order valence-corrected chi connectivity index (χ2v) is 8.46. The summed E-state index contributed by atoms with van der Waals surface area (Å²) < 4.78 is 11.1. The van der Waals surface area contributed by atoms with Crippen LogP contribution >= 0.6 is 0 Å². The van der Waals surface area contributed by atoms with E-state index in [0.29, 0.717) is 31.7 Å². The number of amides is 2. The van der Waals surface area contributed by atoms with E-state index in [4.69, 9.17) is 9.47 Å². The molecule has 7 heteroatoms. The third-order valence-electron chi connectivity index (χ3n) is 5.05. The Bertz CT molecular complexity index is 709. The smallest absolute Gasteiger partial charge is 0.410 e. The van der Waals surface area contributed by atoms with Gasteiger partial charge in [0.2, 0.25) is 5.91 Å². The molecule has 2 saturated heterocycles. The van der Waals surface area contributed by atoms with Crippen molar-refractivity contribution in [3.05, 3.63) is 29.8 Å². The summed E-state index contributed by atoms with van der Waals surface area (Å²) in [6.07, 6.45) is 2.03. The van der Waals surface area contributed by atoms with Crippen LogP contribution in [0.2, 0.25) is 0 Å². The van der Waals surface area contributed by atoms with Crippen molar-refractivity contribution >= 4 is 12.0 Å². The number of ether oxygens (including phenoxy) is 2. The zero-order chi connectivity index (χ0) is 20.3. The van der Waals surface area contributed by atoms with E-state index in [-0.39, 0.29) is 24.3 Å². The van der Waals surface area contributed by atoms with Crippen LogP contribution in [0.5, 0.6) is 5.75 Å². The lowest BCUT2D eigenvalue weighted by atomic mass is 10.0. The van der Waals surface area contributed by atoms with Crippen molar-refractivity contribution in [2.24, 2.45) is 0 Å². The minimum atomic E-state index is -0.604. The molecule has 1 aromatic carbocycles. The standard InChI is InChI=1S/C21H30N2O5/c1-21(2,3)28-20(26)23-11-10-17(23)19(25)22(14-16-8-6-12-27-16)13-15-7-4-5-9-18(15)24/h4-5,7,9,16-17,24H,6,8,10-14H2,1-3H3/t16-,17-/m1/s1. The summed E-state index contributed by atoms with van der Waals surface area (Å²) in [4.78, 5) is 28.8. The van der Waals surface area contributed by atoms with E-state index in [1.807, 2.05) is 26.8 Å². The predicted molar refractivity (Wildman–Crippen MR) is 104 cm³/mol. The second-order valence-electron chi connectivity index (χ2n) is 8.46. The zero-order valence-electron chi connectivity index (χ0n) is 16.9. The highest BCUT2D eigenvalue weighted by atomic mass is 16.6. The number of hydrogen-bond donors (Lipinski definition) is 1. The number of carbonyl (C=O) groups excluding carboxylic acids is 2. The maximum Gasteiger partial charge on any atom is 0.410 e. The Labute approximate surface area is 166 Å². The highest BCUT2D eigenvalue weighted by molar-refractivity contribution is 5.87. The van der Waals surface area contributed by atoms with Gasteiger partial charge >= 0.3 is 6.09 Å². The minimum Gasteiger partial charge on any atom is -0.508 e. The van der Waals surface area contributed by atoms with Gasteiger partial charge in [0, 0.05) is 31.8 Å². The van der Waals surface area contributed by atoms with Crippen molar-refractivity contribution in [1.82, 2.24) is 9.80 Å². The van der Waals surface area contributed by atoms with Crippen LogP contribution in [0.3, 0.4) is 0 Å². The molecule has 154 valence electrons. The van der Waals surface area contributed by atoms with E-state index < -0.39 is 17.7 Å². The van der Waals surface area contributed by atoms with Gasteiger partial charge in [0.25, 0.3) is 0 Å². The molecule has 0 radical (unpaired) electrons. The topological polar surface area (TPSA) is 79.3 Å². The number of hydrogen-bond acceptors (Lipinski definition) is 5. The Balaban J connectivity index is 1.72. The maximum absolute atomic E-state index is 13.2. The quantitative estimate of drug-likeness (QED) is 0.836. The normalized spacial score (nSPS) is 21.9. The van der Waals surface area contributed by atoms with Crippen LogP contribution in [0, 0.1) is 0 Å². The molecule has 2 heterocycles. The third-order valence-corrected chi connectivity index (χ3v) is 5.05. The molecule has 0 aliphatic carbocycles. The highest BCUT2D eigenvalue weighted by Crippen LogP contribution is 2.26. The van der Waals surface area contributed by atoms with Gasteiger partial charge in [0.05, 0.1) is 6.10 Å². The van der Waals surface area contributed by atoms with Crippen LogP contribution in [0.4, 0.5) is 4.79 Å². The Hall–Kier alpha value is -2.28. The zero-order valence-corrected chi connectivity index (χ0v) is 16.9. The minimum absolute atomic E-state index is 0.00939. The van der Waals surface area contributed by atoms with Gasteiger partial charge in [-0.15, -0.1) is 0 Å². The highest BCUT2D eigenvalue weighted by Gasteiger charge is 2.42. The van der Waals surface area contributed by atoms with Crippen molar-refractivity contribution in [2.45, 2.75) is 64.3 Å². The summed E-state index contributed by atoms with van der Waals surface area (Å²) in [5, 5.41) is 10.1. The molecule has 2 aliphatic rings. The fourth-order valence-corrected chi connectivity index (χ4v) is 3.51. The fourth-order valence-electron chi connectivity index (χ4n) is 3.51. The van der Waals surface area contributed by atoms with E-state index in [2.05, 4.69) is 0 Å². The van der Waals surface area contributed by atoms with Gasteiger partial charge in [0.15, 0.2) is 0 Å². The average Bonchev–Trinajstić information content (AvgIpc) is 3.06. The van der Waals surface area contributed by atoms with Gasteiger partial charge in [-0.25, -0.2) is 4.79 Å². The molecule has 7 nitrogen and oxygen atoms in total. The van der Waals surface area contributed by atoms with Gasteiger partial charge in [-0.05, 0) is 46.1 Å². The number of nitrogens with zero attached hydrogens (tertiary/aromatic N) is 2. The molecule has 2 fully saturated rings. The molecule has 0 aromatic heterocycles. The lowest BCUT2D eigenvalue weighted by Gasteiger charge is -2.42. The summed E-state index contributed by atoms with van der Waals surface area (Å²) >= 11 is 0. The molecule has 28 heavy (non-hydrogen) atoms. The number of likely N-dealkylation sites (tertiary alicyclic amines) is 1. The van der Waals surface area contributed by atoms with Gasteiger partial charge in [-0.3, -0.25) is 9.69 Å². The molecule has 2 atom stereocenters. The van der Waals surface area contributed by atoms with Crippen molar-refractivity contribution in [2.75, 3.05) is 19.7 Å². The monoisotopic (exact) mass is 390 g/mol. The van der Waals surface area contributed by atoms with Crippen LogP contribution in [0.25, 0.3) is 0 Å². The largest absolute Gasteiger partial charge is 0.508 e. The summed E-state index contributed by atoms with van der Waals surface area (Å²) in [6, 6.07) is 6.47. The first-order valence-corrected chi connectivity index (χ1v) is 9.91. The molecule has 2 aliphatic heterocycles. The Kier molecular flexibility index (Phi) is 6.13. The molecule has 1 aromatic rings. The van der Waals surface area contributed by atoms with Crippen molar-refractivity contribution in [3.8, 4) is 5.75 Å². The molecule has 1 N–H and O–H groups in total. The number of phenols is 1. The number of carbonyl (C=O) groups is 2. The van der Waals surface area contributed by atoms with Crippen molar-refractivity contribution in [1.29, 1.82) is 0 Å². The molecule has 0 bridgehead atoms. The van der Waals surface area contributed by atoms with Gasteiger partial charge in [0.1, 0.15) is 17.4 Å². The lowest BCUT2D eigenvalue weighted by Crippen LogP contribution is -2.60. The van der Waals surface area contributed by atoms with Crippen LogP contribution in [-0.4, -0.2) is 64.4 Å². The lowest BCUT2D eigenvalue weighted by molar-refractivity contribution is -0.143. The van der Waals surface area contributed by atoms with E-state index >= 15 is 0 Å². The summed E-state index contributed by atoms with van der Waals surface area (Å²) in [6.45, 7) is 7.37. The van der Waals surface area contributed by atoms with Crippen LogP contribution in [0.1, 0.15) is 45.6 Å². The summed E-state index contributed by atoms with van der Waals surface area (Å²) in [7, 11) is 0. The number of rotatable bonds is 5. The summed E-state index contributed by atoms with van der Waals surface area (Å²) in [5.74, 6) is 0.0288. The predicted octanol–water partition coefficient (Wildman–Crippen LogP) is 2.91. The van der Waals surface area contributed by atoms with Crippen LogP contribution in [-0.2, 0) is 20.8 Å².